The molecule has 18 heavy (non-hydrogen) atoms. The van der Waals surface area contributed by atoms with E-state index in [2.05, 4.69) is 10.4 Å². The van der Waals surface area contributed by atoms with Crippen molar-refractivity contribution < 1.29 is 10.0 Å². The number of aromatic nitrogens is 2. The van der Waals surface area contributed by atoms with Crippen LogP contribution in [-0.4, -0.2) is 33.0 Å². The smallest absolute Gasteiger partial charge is 0.330 e. The Kier molecular flexibility index (Phi) is 3.51. The van der Waals surface area contributed by atoms with Crippen molar-refractivity contribution in [2.24, 2.45) is 12.5 Å². The molecule has 1 saturated carbocycles. The number of hydrogen-bond donors (Lipinski definition) is 2. The summed E-state index contributed by atoms with van der Waals surface area (Å²) in [5.74, 6) is 0.280. The lowest BCUT2D eigenvalue weighted by Crippen LogP contribution is -2.30. The van der Waals surface area contributed by atoms with E-state index in [1.165, 1.54) is 10.9 Å². The van der Waals surface area contributed by atoms with Gasteiger partial charge in [-0.3, -0.25) is 14.8 Å². The fraction of sp³-hybridized carbons (Fsp3) is 0.727. The second kappa shape index (κ2) is 4.93. The Bertz CT molecular complexity index is 437. The van der Waals surface area contributed by atoms with Crippen molar-refractivity contribution in [3.8, 4) is 0 Å². The number of aliphatic hydroxyl groups excluding tert-OH is 1. The van der Waals surface area contributed by atoms with Crippen molar-refractivity contribution >= 4 is 11.5 Å². The van der Waals surface area contributed by atoms with Gasteiger partial charge in [-0.2, -0.15) is 0 Å². The Labute approximate surface area is 105 Å². The minimum atomic E-state index is -0.449. The van der Waals surface area contributed by atoms with Gasteiger partial charge in [-0.25, -0.2) is 0 Å². The Morgan fingerprint density at radius 2 is 2.28 bits per heavy atom. The zero-order valence-electron chi connectivity index (χ0n) is 10.4. The Hall–Kier alpha value is -1.63. The van der Waals surface area contributed by atoms with Gasteiger partial charge in [0.2, 0.25) is 5.82 Å². The summed E-state index contributed by atoms with van der Waals surface area (Å²) in [6.07, 6.45) is 5.50. The molecular weight excluding hydrogens is 236 g/mol. The Morgan fingerprint density at radius 3 is 2.83 bits per heavy atom. The van der Waals surface area contributed by atoms with Crippen LogP contribution in [0.5, 0.6) is 0 Å². The van der Waals surface area contributed by atoms with Crippen molar-refractivity contribution in [3.63, 3.8) is 0 Å². The number of aliphatic hydroxyl groups is 1. The highest BCUT2D eigenvalue weighted by atomic mass is 16.6. The monoisotopic (exact) mass is 254 g/mol. The predicted molar refractivity (Wildman–Crippen MR) is 66.3 cm³/mol. The molecule has 1 aromatic heterocycles. The summed E-state index contributed by atoms with van der Waals surface area (Å²) in [7, 11) is 1.65. The molecule has 2 rings (SSSR count). The third kappa shape index (κ3) is 2.45. The molecule has 0 unspecified atom stereocenters. The number of nitrogens with zero attached hydrogens (tertiary/aromatic N) is 3. The van der Waals surface area contributed by atoms with Crippen LogP contribution in [0.1, 0.15) is 25.7 Å². The highest BCUT2D eigenvalue weighted by molar-refractivity contribution is 5.54. The molecule has 1 aliphatic rings. The van der Waals surface area contributed by atoms with Gasteiger partial charge >= 0.3 is 5.69 Å². The zero-order chi connectivity index (χ0) is 13.2. The van der Waals surface area contributed by atoms with Crippen LogP contribution < -0.4 is 5.32 Å². The van der Waals surface area contributed by atoms with Crippen molar-refractivity contribution in [2.75, 3.05) is 18.5 Å². The summed E-state index contributed by atoms with van der Waals surface area (Å²) in [5.41, 5.74) is -0.172. The van der Waals surface area contributed by atoms with E-state index < -0.39 is 4.92 Å². The van der Waals surface area contributed by atoms with Gasteiger partial charge in [-0.05, 0) is 12.8 Å². The maximum absolute atomic E-state index is 10.8. The van der Waals surface area contributed by atoms with E-state index in [0.29, 0.717) is 6.54 Å². The molecule has 1 aliphatic carbocycles. The van der Waals surface area contributed by atoms with Crippen LogP contribution in [-0.2, 0) is 7.05 Å². The molecule has 0 spiro atoms. The molecule has 0 aliphatic heterocycles. The second-order valence-corrected chi connectivity index (χ2v) is 5.01. The summed E-state index contributed by atoms with van der Waals surface area (Å²) in [6.45, 7) is 0.641. The van der Waals surface area contributed by atoms with E-state index in [1.54, 1.807) is 7.05 Å². The van der Waals surface area contributed by atoms with Gasteiger partial charge in [0.05, 0.1) is 11.5 Å². The van der Waals surface area contributed by atoms with Crippen LogP contribution in [0.25, 0.3) is 0 Å². The maximum atomic E-state index is 10.8. The fourth-order valence-electron chi connectivity index (χ4n) is 2.52. The topological polar surface area (TPSA) is 93.2 Å². The van der Waals surface area contributed by atoms with Crippen LogP contribution in [0.2, 0.25) is 0 Å². The summed E-state index contributed by atoms with van der Waals surface area (Å²) >= 11 is 0. The second-order valence-electron chi connectivity index (χ2n) is 5.01. The van der Waals surface area contributed by atoms with Gasteiger partial charge in [0.25, 0.3) is 0 Å². The molecular formula is C11H18N4O3. The first-order valence-electron chi connectivity index (χ1n) is 6.09. The lowest BCUT2D eigenvalue weighted by atomic mass is 9.87. The number of nitro groups is 1. The van der Waals surface area contributed by atoms with Crippen molar-refractivity contribution in [1.29, 1.82) is 0 Å². The first-order valence-corrected chi connectivity index (χ1v) is 6.09. The average Bonchev–Trinajstić information content (AvgIpc) is 2.93. The first-order chi connectivity index (χ1) is 8.56. The van der Waals surface area contributed by atoms with Crippen LogP contribution in [0.4, 0.5) is 11.5 Å². The fourth-order valence-corrected chi connectivity index (χ4v) is 2.52. The molecule has 2 N–H and O–H groups in total. The maximum Gasteiger partial charge on any atom is 0.330 e. The quantitative estimate of drug-likeness (QED) is 0.610. The van der Waals surface area contributed by atoms with Gasteiger partial charge in [0, 0.05) is 19.0 Å². The van der Waals surface area contributed by atoms with Crippen LogP contribution in [0.15, 0.2) is 6.20 Å². The molecule has 0 aromatic carbocycles. The SMILES string of the molecule is Cn1cc([N+](=O)[O-])c(NCC2(CO)CCCC2)n1. The average molecular weight is 254 g/mol. The Balaban J connectivity index is 2.07. The minimum absolute atomic E-state index is 0.0245. The van der Waals surface area contributed by atoms with Crippen LogP contribution in [0, 0.1) is 15.5 Å². The van der Waals surface area contributed by atoms with E-state index in [1.807, 2.05) is 0 Å². The number of hydrogen-bond acceptors (Lipinski definition) is 5. The third-order valence-electron chi connectivity index (χ3n) is 3.64. The van der Waals surface area contributed by atoms with Crippen LogP contribution >= 0.6 is 0 Å². The largest absolute Gasteiger partial charge is 0.396 e. The highest BCUT2D eigenvalue weighted by Gasteiger charge is 2.34. The van der Waals surface area contributed by atoms with E-state index >= 15 is 0 Å². The van der Waals surface area contributed by atoms with E-state index in [-0.39, 0.29) is 23.5 Å². The molecule has 1 heterocycles. The van der Waals surface area contributed by atoms with Crippen LogP contribution in [0.3, 0.4) is 0 Å². The summed E-state index contributed by atoms with van der Waals surface area (Å²) in [5, 5.41) is 27.4. The summed E-state index contributed by atoms with van der Waals surface area (Å²) in [6, 6.07) is 0. The van der Waals surface area contributed by atoms with E-state index in [4.69, 9.17) is 0 Å². The number of aryl methyl sites for hydroxylation is 1. The van der Waals surface area contributed by atoms with Gasteiger partial charge in [-0.15, -0.1) is 5.10 Å². The van der Waals surface area contributed by atoms with Crippen molar-refractivity contribution in [2.45, 2.75) is 25.7 Å². The first kappa shape index (κ1) is 12.8. The molecule has 0 amide bonds. The standard InChI is InChI=1S/C11H18N4O3/c1-14-6-9(15(17)18)10(13-14)12-7-11(8-16)4-2-3-5-11/h6,16H,2-5,7-8H2,1H3,(H,12,13). The van der Waals surface area contributed by atoms with E-state index in [0.717, 1.165) is 25.7 Å². The molecule has 0 atom stereocenters. The molecule has 1 aromatic rings. The minimum Gasteiger partial charge on any atom is -0.396 e. The number of rotatable bonds is 5. The summed E-state index contributed by atoms with van der Waals surface area (Å²) < 4.78 is 1.42. The number of nitrogens with one attached hydrogen (secondary N) is 1. The predicted octanol–water partition coefficient (Wildman–Crippen LogP) is 1.29. The molecule has 7 nitrogen and oxygen atoms in total. The molecule has 0 radical (unpaired) electrons. The van der Waals surface area contributed by atoms with Crippen molar-refractivity contribution in [1.82, 2.24) is 9.78 Å². The Morgan fingerprint density at radius 1 is 1.61 bits per heavy atom. The normalized spacial score (nSPS) is 17.9. The molecule has 0 saturated heterocycles. The van der Waals surface area contributed by atoms with Gasteiger partial charge in [0.1, 0.15) is 6.20 Å². The third-order valence-corrected chi connectivity index (χ3v) is 3.64. The molecule has 0 bridgehead atoms. The lowest BCUT2D eigenvalue weighted by molar-refractivity contribution is -0.384. The molecule has 100 valence electrons. The van der Waals surface area contributed by atoms with Crippen molar-refractivity contribution in [3.05, 3.63) is 16.3 Å². The van der Waals surface area contributed by atoms with Gasteiger partial charge in [-0.1, -0.05) is 12.8 Å². The van der Waals surface area contributed by atoms with Gasteiger partial charge < -0.3 is 10.4 Å². The van der Waals surface area contributed by atoms with E-state index in [9.17, 15) is 15.2 Å². The lowest BCUT2D eigenvalue weighted by Gasteiger charge is -2.26. The summed E-state index contributed by atoms with van der Waals surface area (Å²) in [4.78, 5) is 10.4. The van der Waals surface area contributed by atoms with Gasteiger partial charge in [0.15, 0.2) is 0 Å². The number of anilines is 1. The zero-order valence-corrected chi connectivity index (χ0v) is 10.4. The molecule has 7 heteroatoms. The molecule has 1 fully saturated rings. The highest BCUT2D eigenvalue weighted by Crippen LogP contribution is 2.38.